The molecule has 2 rings (SSSR count). The van der Waals surface area contributed by atoms with Crippen LogP contribution < -0.4 is 5.32 Å². The highest BCUT2D eigenvalue weighted by molar-refractivity contribution is 9.10. The van der Waals surface area contributed by atoms with Gasteiger partial charge >= 0.3 is 0 Å². The molecule has 0 saturated carbocycles. The highest BCUT2D eigenvalue weighted by Gasteiger charge is 2.14. The number of aromatic nitrogens is 2. The number of nitrogens with one attached hydrogen (secondary N) is 1. The quantitative estimate of drug-likeness (QED) is 0.832. The fourth-order valence-electron chi connectivity index (χ4n) is 2.03. The lowest BCUT2D eigenvalue weighted by Crippen LogP contribution is -2.20. The van der Waals surface area contributed by atoms with Gasteiger partial charge in [-0.1, -0.05) is 0 Å². The number of aryl methyl sites for hydroxylation is 2. The zero-order valence-corrected chi connectivity index (χ0v) is 13.3. The molecule has 1 amide bonds. The molecule has 2 aromatic rings. The number of rotatable bonds is 5. The second kappa shape index (κ2) is 6.54. The third-order valence-electron chi connectivity index (χ3n) is 3.03. The highest BCUT2D eigenvalue weighted by Crippen LogP contribution is 2.24. The Bertz CT molecular complexity index is 644. The summed E-state index contributed by atoms with van der Waals surface area (Å²) >= 11 is 8.92. The van der Waals surface area contributed by atoms with Crippen LogP contribution >= 0.6 is 27.5 Å². The van der Waals surface area contributed by atoms with Crippen LogP contribution in [0.15, 0.2) is 16.6 Å². The first-order valence-electron chi connectivity index (χ1n) is 6.17. The van der Waals surface area contributed by atoms with Crippen molar-refractivity contribution in [3.8, 4) is 0 Å². The van der Waals surface area contributed by atoms with Gasteiger partial charge in [0.05, 0.1) is 15.5 Å². The Labute approximate surface area is 129 Å². The van der Waals surface area contributed by atoms with Crippen LogP contribution in [0.3, 0.4) is 0 Å². The Morgan fingerprint density at radius 2 is 2.30 bits per heavy atom. The molecule has 0 atom stereocenters. The van der Waals surface area contributed by atoms with Gasteiger partial charge in [0.25, 0.3) is 0 Å². The summed E-state index contributed by atoms with van der Waals surface area (Å²) in [6, 6.07) is 3.06. The highest BCUT2D eigenvalue weighted by atomic mass is 79.9. The summed E-state index contributed by atoms with van der Waals surface area (Å²) in [6.45, 7) is 0.448. The van der Waals surface area contributed by atoms with Gasteiger partial charge in [0.2, 0.25) is 5.91 Å². The number of nitrogens with zero attached hydrogens (tertiary/aromatic N) is 2. The smallest absolute Gasteiger partial charge is 0.221 e. The molecular weight excluding hydrogens is 349 g/mol. The summed E-state index contributed by atoms with van der Waals surface area (Å²) in [6.07, 6.45) is 0.887. The number of hydrogen-bond donors (Lipinski definition) is 1. The lowest BCUT2D eigenvalue weighted by Gasteiger charge is -2.08. The van der Waals surface area contributed by atoms with Gasteiger partial charge in [-0.25, -0.2) is 9.37 Å². The molecule has 0 saturated heterocycles. The third-order valence-corrected chi connectivity index (χ3v) is 3.83. The molecule has 0 aliphatic rings. The zero-order valence-electron chi connectivity index (χ0n) is 10.9. The molecule has 1 N–H and O–H groups in total. The molecule has 1 aromatic heterocycles. The topological polar surface area (TPSA) is 46.9 Å². The summed E-state index contributed by atoms with van der Waals surface area (Å²) < 4.78 is 15.9. The van der Waals surface area contributed by atoms with Crippen molar-refractivity contribution in [2.45, 2.75) is 19.4 Å². The summed E-state index contributed by atoms with van der Waals surface area (Å²) in [5.74, 6) is 0.765. The summed E-state index contributed by atoms with van der Waals surface area (Å²) in [5, 5.41) is 2.57. The molecule has 1 aromatic carbocycles. The van der Waals surface area contributed by atoms with Gasteiger partial charge in [-0.15, -0.1) is 11.6 Å². The van der Waals surface area contributed by atoms with E-state index in [1.165, 1.54) is 6.07 Å². The Morgan fingerprint density at radius 1 is 1.55 bits per heavy atom. The largest absolute Gasteiger partial charge is 0.359 e. The minimum atomic E-state index is -0.351. The zero-order chi connectivity index (χ0) is 14.7. The van der Waals surface area contributed by atoms with Crippen LogP contribution in [0.25, 0.3) is 11.0 Å². The van der Waals surface area contributed by atoms with Crippen molar-refractivity contribution in [3.63, 3.8) is 0 Å². The van der Waals surface area contributed by atoms with Crippen molar-refractivity contribution in [2.75, 3.05) is 12.9 Å². The van der Waals surface area contributed by atoms with Crippen LogP contribution in [-0.4, -0.2) is 28.4 Å². The van der Waals surface area contributed by atoms with Gasteiger partial charge in [0, 0.05) is 38.4 Å². The molecule has 108 valence electrons. The van der Waals surface area contributed by atoms with Crippen LogP contribution in [0.4, 0.5) is 4.39 Å². The second-order valence-electron chi connectivity index (χ2n) is 4.30. The van der Waals surface area contributed by atoms with Gasteiger partial charge in [0.15, 0.2) is 0 Å². The first-order valence-corrected chi connectivity index (χ1v) is 7.50. The number of carbonyl (C=O) groups is 1. The molecule has 4 nitrogen and oxygen atoms in total. The number of amides is 1. The predicted molar refractivity (Wildman–Crippen MR) is 80.5 cm³/mol. The van der Waals surface area contributed by atoms with Crippen LogP contribution in [-0.2, 0) is 17.8 Å². The van der Waals surface area contributed by atoms with Crippen LogP contribution in [0.2, 0.25) is 0 Å². The molecule has 0 aliphatic heterocycles. The standard InChI is InChI=1S/C13H14BrClFN3O/c1-17-13(20)3-5-19-11-7-9(16)8(14)6-10(11)18-12(19)2-4-15/h6-7H,2-5H2,1H3,(H,17,20). The van der Waals surface area contributed by atoms with E-state index in [1.54, 1.807) is 13.1 Å². The van der Waals surface area contributed by atoms with E-state index in [0.717, 1.165) is 5.82 Å². The molecule has 0 fully saturated rings. The predicted octanol–water partition coefficient (Wildman–Crippen LogP) is 2.86. The maximum atomic E-state index is 13.7. The monoisotopic (exact) mass is 361 g/mol. The maximum absolute atomic E-state index is 13.7. The Kier molecular flexibility index (Phi) is 4.99. The minimum Gasteiger partial charge on any atom is -0.359 e. The summed E-state index contributed by atoms with van der Waals surface area (Å²) in [7, 11) is 1.59. The van der Waals surface area contributed by atoms with E-state index in [1.807, 2.05) is 4.57 Å². The van der Waals surface area contributed by atoms with E-state index >= 15 is 0 Å². The van der Waals surface area contributed by atoms with Gasteiger partial charge in [-0.3, -0.25) is 4.79 Å². The molecule has 0 aliphatic carbocycles. The molecule has 1 heterocycles. The molecule has 0 bridgehead atoms. The van der Waals surface area contributed by atoms with Gasteiger partial charge < -0.3 is 9.88 Å². The van der Waals surface area contributed by atoms with Crippen molar-refractivity contribution in [3.05, 3.63) is 28.2 Å². The normalized spacial score (nSPS) is 11.0. The van der Waals surface area contributed by atoms with Gasteiger partial charge in [-0.2, -0.15) is 0 Å². The molecule has 0 radical (unpaired) electrons. The number of benzene rings is 1. The van der Waals surface area contributed by atoms with Crippen molar-refractivity contribution in [1.29, 1.82) is 0 Å². The molecule has 7 heteroatoms. The second-order valence-corrected chi connectivity index (χ2v) is 5.53. The van der Waals surface area contributed by atoms with Crippen molar-refractivity contribution >= 4 is 44.5 Å². The first kappa shape index (κ1) is 15.3. The van der Waals surface area contributed by atoms with E-state index in [4.69, 9.17) is 11.6 Å². The van der Waals surface area contributed by atoms with E-state index in [0.29, 0.717) is 40.8 Å². The SMILES string of the molecule is CNC(=O)CCn1c(CCCl)nc2cc(Br)c(F)cc21. The van der Waals surface area contributed by atoms with Crippen LogP contribution in [0.1, 0.15) is 12.2 Å². The van der Waals surface area contributed by atoms with Gasteiger partial charge in [0.1, 0.15) is 11.6 Å². The lowest BCUT2D eigenvalue weighted by molar-refractivity contribution is -0.120. The fourth-order valence-corrected chi connectivity index (χ4v) is 2.53. The average Bonchev–Trinajstić information content (AvgIpc) is 2.74. The number of alkyl halides is 1. The molecule has 0 spiro atoms. The number of carbonyl (C=O) groups excluding carboxylic acids is 1. The number of halogens is 3. The molecular formula is C13H14BrClFN3O. The Hall–Kier alpha value is -1.14. The summed E-state index contributed by atoms with van der Waals surface area (Å²) in [4.78, 5) is 15.8. The summed E-state index contributed by atoms with van der Waals surface area (Å²) in [5.41, 5.74) is 1.37. The molecule has 0 unspecified atom stereocenters. The minimum absolute atomic E-state index is 0.0683. The Balaban J connectivity index is 2.44. The number of imidazole rings is 1. The first-order chi connectivity index (χ1) is 9.56. The van der Waals surface area contributed by atoms with Crippen molar-refractivity contribution in [2.24, 2.45) is 0 Å². The van der Waals surface area contributed by atoms with Crippen LogP contribution in [0.5, 0.6) is 0 Å². The lowest BCUT2D eigenvalue weighted by atomic mass is 10.3. The van der Waals surface area contributed by atoms with E-state index in [2.05, 4.69) is 26.2 Å². The van der Waals surface area contributed by atoms with Gasteiger partial charge in [-0.05, 0) is 22.0 Å². The van der Waals surface area contributed by atoms with Crippen molar-refractivity contribution in [1.82, 2.24) is 14.9 Å². The average molecular weight is 363 g/mol. The molecule has 20 heavy (non-hydrogen) atoms. The van der Waals surface area contributed by atoms with E-state index < -0.39 is 0 Å². The maximum Gasteiger partial charge on any atom is 0.221 e. The third kappa shape index (κ3) is 3.12. The Morgan fingerprint density at radius 3 is 2.95 bits per heavy atom. The fraction of sp³-hybridized carbons (Fsp3) is 0.385. The van der Waals surface area contributed by atoms with E-state index in [9.17, 15) is 9.18 Å². The number of hydrogen-bond acceptors (Lipinski definition) is 2. The number of fused-ring (bicyclic) bond motifs is 1. The van der Waals surface area contributed by atoms with Crippen molar-refractivity contribution < 1.29 is 9.18 Å². The van der Waals surface area contributed by atoms with Crippen LogP contribution in [0, 0.1) is 5.82 Å². The van der Waals surface area contributed by atoms with E-state index in [-0.39, 0.29) is 11.7 Å².